The Hall–Kier alpha value is -0.450. The Morgan fingerprint density at radius 1 is 1.56 bits per heavy atom. The molecular weight excluding hydrogens is 220 g/mol. The molecule has 16 heavy (non-hydrogen) atoms. The standard InChI is InChI=1S/C12H20N2OS/c1-9(13)6-11-8-16-12(14-11)7-10-2-4-15-5-3-10/h8-10H,2-7,13H2,1H3. The van der Waals surface area contributed by atoms with E-state index in [1.165, 1.54) is 17.8 Å². The molecule has 1 aromatic rings. The molecule has 1 fully saturated rings. The van der Waals surface area contributed by atoms with Gasteiger partial charge in [0.25, 0.3) is 0 Å². The van der Waals surface area contributed by atoms with Gasteiger partial charge in [-0.05, 0) is 25.7 Å². The molecule has 2 N–H and O–H groups in total. The van der Waals surface area contributed by atoms with E-state index in [0.29, 0.717) is 0 Å². The molecule has 0 saturated carbocycles. The third-order valence-corrected chi connectivity index (χ3v) is 3.85. The summed E-state index contributed by atoms with van der Waals surface area (Å²) in [5.74, 6) is 0.767. The molecule has 1 aliphatic rings. The Bertz CT molecular complexity index is 319. The van der Waals surface area contributed by atoms with Gasteiger partial charge >= 0.3 is 0 Å². The van der Waals surface area contributed by atoms with Crippen LogP contribution in [-0.4, -0.2) is 24.2 Å². The zero-order valence-electron chi connectivity index (χ0n) is 9.82. The lowest BCUT2D eigenvalue weighted by Gasteiger charge is -2.20. The first-order valence-electron chi connectivity index (χ1n) is 6.00. The summed E-state index contributed by atoms with van der Waals surface area (Å²) < 4.78 is 5.36. The van der Waals surface area contributed by atoms with Gasteiger partial charge in [0, 0.05) is 37.5 Å². The van der Waals surface area contributed by atoms with Crippen LogP contribution < -0.4 is 5.73 Å². The fourth-order valence-corrected chi connectivity index (χ4v) is 2.99. The Labute approximate surface area is 101 Å². The van der Waals surface area contributed by atoms with Crippen molar-refractivity contribution in [3.05, 3.63) is 16.1 Å². The summed E-state index contributed by atoms with van der Waals surface area (Å²) >= 11 is 1.78. The van der Waals surface area contributed by atoms with Crippen molar-refractivity contribution in [2.24, 2.45) is 11.7 Å². The van der Waals surface area contributed by atoms with E-state index in [1.54, 1.807) is 11.3 Å². The Kier molecular flexibility index (Phi) is 4.32. The maximum Gasteiger partial charge on any atom is 0.0931 e. The second-order valence-electron chi connectivity index (χ2n) is 4.67. The van der Waals surface area contributed by atoms with Crippen LogP contribution >= 0.6 is 11.3 Å². The molecule has 0 aromatic carbocycles. The molecule has 2 rings (SSSR count). The van der Waals surface area contributed by atoms with Crippen molar-refractivity contribution >= 4 is 11.3 Å². The lowest BCUT2D eigenvalue weighted by Crippen LogP contribution is -2.18. The Morgan fingerprint density at radius 3 is 3.00 bits per heavy atom. The summed E-state index contributed by atoms with van der Waals surface area (Å²) in [7, 11) is 0. The number of nitrogens with two attached hydrogens (primary N) is 1. The van der Waals surface area contributed by atoms with E-state index in [2.05, 4.69) is 10.4 Å². The smallest absolute Gasteiger partial charge is 0.0931 e. The third kappa shape index (κ3) is 3.54. The minimum Gasteiger partial charge on any atom is -0.381 e. The first-order chi connectivity index (χ1) is 7.74. The average Bonchev–Trinajstić information content (AvgIpc) is 2.66. The maximum atomic E-state index is 5.77. The zero-order valence-corrected chi connectivity index (χ0v) is 10.6. The first-order valence-corrected chi connectivity index (χ1v) is 6.88. The van der Waals surface area contributed by atoms with Gasteiger partial charge in [-0.25, -0.2) is 4.98 Å². The first kappa shape index (κ1) is 12.0. The lowest BCUT2D eigenvalue weighted by atomic mass is 9.97. The molecule has 1 aliphatic heterocycles. The van der Waals surface area contributed by atoms with Crippen molar-refractivity contribution in [1.29, 1.82) is 0 Å². The van der Waals surface area contributed by atoms with Crippen molar-refractivity contribution in [3.63, 3.8) is 0 Å². The molecule has 0 bridgehead atoms. The largest absolute Gasteiger partial charge is 0.381 e. The van der Waals surface area contributed by atoms with E-state index in [9.17, 15) is 0 Å². The van der Waals surface area contributed by atoms with Crippen LogP contribution in [0.3, 0.4) is 0 Å². The van der Waals surface area contributed by atoms with Crippen LogP contribution in [0, 0.1) is 5.92 Å². The van der Waals surface area contributed by atoms with Gasteiger partial charge in [-0.3, -0.25) is 0 Å². The predicted molar refractivity (Wildman–Crippen MR) is 66.7 cm³/mol. The van der Waals surface area contributed by atoms with Crippen molar-refractivity contribution in [2.75, 3.05) is 13.2 Å². The van der Waals surface area contributed by atoms with Gasteiger partial charge < -0.3 is 10.5 Å². The molecular formula is C12H20N2OS. The summed E-state index contributed by atoms with van der Waals surface area (Å²) in [6.07, 6.45) is 4.38. The molecule has 0 aliphatic carbocycles. The predicted octanol–water partition coefficient (Wildman–Crippen LogP) is 2.00. The van der Waals surface area contributed by atoms with Gasteiger partial charge in [0.15, 0.2) is 0 Å². The Balaban J connectivity index is 1.86. The van der Waals surface area contributed by atoms with Gasteiger partial charge in [0.1, 0.15) is 0 Å². The van der Waals surface area contributed by atoms with E-state index < -0.39 is 0 Å². The molecule has 1 unspecified atom stereocenters. The molecule has 3 nitrogen and oxygen atoms in total. The Morgan fingerprint density at radius 2 is 2.31 bits per heavy atom. The fraction of sp³-hybridized carbons (Fsp3) is 0.750. The summed E-state index contributed by atoms with van der Waals surface area (Å²) in [6.45, 7) is 3.86. The third-order valence-electron chi connectivity index (χ3n) is 2.93. The molecule has 1 aromatic heterocycles. The number of aromatic nitrogens is 1. The lowest BCUT2D eigenvalue weighted by molar-refractivity contribution is 0.0665. The monoisotopic (exact) mass is 240 g/mol. The van der Waals surface area contributed by atoms with Crippen molar-refractivity contribution < 1.29 is 4.74 Å². The van der Waals surface area contributed by atoms with E-state index >= 15 is 0 Å². The van der Waals surface area contributed by atoms with Crippen LogP contribution in [-0.2, 0) is 17.6 Å². The topological polar surface area (TPSA) is 48.1 Å². The summed E-state index contributed by atoms with van der Waals surface area (Å²) in [4.78, 5) is 4.64. The highest BCUT2D eigenvalue weighted by Crippen LogP contribution is 2.22. The van der Waals surface area contributed by atoms with E-state index in [-0.39, 0.29) is 6.04 Å². The molecule has 0 amide bonds. The van der Waals surface area contributed by atoms with Crippen LogP contribution in [0.1, 0.15) is 30.5 Å². The minimum absolute atomic E-state index is 0.207. The molecule has 1 atom stereocenters. The SMILES string of the molecule is CC(N)Cc1csc(CC2CCOCC2)n1. The van der Waals surface area contributed by atoms with Gasteiger partial charge in [0.2, 0.25) is 0 Å². The van der Waals surface area contributed by atoms with Crippen molar-refractivity contribution in [1.82, 2.24) is 4.98 Å². The number of thiazole rings is 1. The summed E-state index contributed by atoms with van der Waals surface area (Å²) in [5, 5.41) is 3.42. The van der Waals surface area contributed by atoms with Crippen LogP contribution in [0.2, 0.25) is 0 Å². The van der Waals surface area contributed by atoms with E-state index in [4.69, 9.17) is 10.5 Å². The maximum absolute atomic E-state index is 5.77. The van der Waals surface area contributed by atoms with Crippen molar-refractivity contribution in [2.45, 2.75) is 38.6 Å². The zero-order chi connectivity index (χ0) is 11.4. The number of hydrogen-bond donors (Lipinski definition) is 1. The highest BCUT2D eigenvalue weighted by Gasteiger charge is 2.16. The van der Waals surface area contributed by atoms with Gasteiger partial charge in [-0.15, -0.1) is 11.3 Å². The summed E-state index contributed by atoms with van der Waals surface area (Å²) in [5.41, 5.74) is 6.92. The van der Waals surface area contributed by atoms with Crippen LogP contribution in [0.25, 0.3) is 0 Å². The van der Waals surface area contributed by atoms with Gasteiger partial charge in [-0.2, -0.15) is 0 Å². The highest BCUT2D eigenvalue weighted by molar-refractivity contribution is 7.09. The number of hydrogen-bond acceptors (Lipinski definition) is 4. The molecule has 0 radical (unpaired) electrons. The second-order valence-corrected chi connectivity index (χ2v) is 5.62. The molecule has 2 heterocycles. The van der Waals surface area contributed by atoms with E-state index in [0.717, 1.165) is 37.7 Å². The van der Waals surface area contributed by atoms with Crippen LogP contribution in [0.4, 0.5) is 0 Å². The normalized spacial score (nSPS) is 19.9. The second kappa shape index (κ2) is 5.75. The van der Waals surface area contributed by atoms with Crippen LogP contribution in [0.5, 0.6) is 0 Å². The van der Waals surface area contributed by atoms with E-state index in [1.807, 2.05) is 6.92 Å². The number of nitrogens with zero attached hydrogens (tertiary/aromatic N) is 1. The summed E-state index contributed by atoms with van der Waals surface area (Å²) in [6, 6.07) is 0.207. The fourth-order valence-electron chi connectivity index (χ4n) is 2.06. The van der Waals surface area contributed by atoms with Gasteiger partial charge in [0.05, 0.1) is 10.7 Å². The average molecular weight is 240 g/mol. The van der Waals surface area contributed by atoms with Crippen molar-refractivity contribution in [3.8, 4) is 0 Å². The molecule has 1 saturated heterocycles. The number of ether oxygens (including phenoxy) is 1. The highest BCUT2D eigenvalue weighted by atomic mass is 32.1. The minimum atomic E-state index is 0.207. The number of rotatable bonds is 4. The van der Waals surface area contributed by atoms with Gasteiger partial charge in [-0.1, -0.05) is 0 Å². The molecule has 4 heteroatoms. The molecule has 90 valence electrons. The van der Waals surface area contributed by atoms with Crippen LogP contribution in [0.15, 0.2) is 5.38 Å². The molecule has 0 spiro atoms. The quantitative estimate of drug-likeness (QED) is 0.875.